The molecule has 0 fully saturated rings. The van der Waals surface area contributed by atoms with Crippen LogP contribution >= 0.6 is 0 Å². The van der Waals surface area contributed by atoms with Gasteiger partial charge in [0.05, 0.1) is 11.7 Å². The molecule has 0 saturated heterocycles. The molecule has 4 heteroatoms. The highest BCUT2D eigenvalue weighted by Gasteiger charge is 2.12. The second-order valence-electron chi connectivity index (χ2n) is 2.49. The standard InChI is InChI=1S/C9H3F3N/c10-6-4-7-5(2-1-3-13-7)8(11)9(6)12/h1-2,4H. The van der Waals surface area contributed by atoms with E-state index < -0.39 is 17.5 Å². The average Bonchev–Trinajstić information content (AvgIpc) is 2.15. The summed E-state index contributed by atoms with van der Waals surface area (Å²) in [4.78, 5) is 3.57. The first-order chi connectivity index (χ1) is 6.20. The van der Waals surface area contributed by atoms with Crippen LogP contribution in [0, 0.1) is 23.6 Å². The number of hydrogen-bond donors (Lipinski definition) is 0. The van der Waals surface area contributed by atoms with E-state index in [4.69, 9.17) is 0 Å². The van der Waals surface area contributed by atoms with Crippen LogP contribution in [0.1, 0.15) is 0 Å². The third kappa shape index (κ3) is 1.14. The average molecular weight is 182 g/mol. The summed E-state index contributed by atoms with van der Waals surface area (Å²) < 4.78 is 38.3. The van der Waals surface area contributed by atoms with Crippen molar-refractivity contribution in [3.8, 4) is 0 Å². The van der Waals surface area contributed by atoms with Crippen LogP contribution in [0.15, 0.2) is 18.2 Å². The third-order valence-corrected chi connectivity index (χ3v) is 1.69. The molecule has 0 saturated carbocycles. The minimum Gasteiger partial charge on any atom is -0.246 e. The molecule has 0 atom stereocenters. The molecule has 13 heavy (non-hydrogen) atoms. The van der Waals surface area contributed by atoms with Crippen molar-refractivity contribution in [1.29, 1.82) is 0 Å². The molecule has 65 valence electrons. The maximum Gasteiger partial charge on any atom is 0.195 e. The molecule has 2 aromatic rings. The number of aromatic nitrogens is 1. The summed E-state index contributed by atoms with van der Waals surface area (Å²) in [5, 5.41) is -0.0438. The van der Waals surface area contributed by atoms with Gasteiger partial charge in [-0.15, -0.1) is 0 Å². The Bertz CT molecular complexity index is 468. The molecule has 1 aromatic heterocycles. The van der Waals surface area contributed by atoms with Crippen LogP contribution in [0.5, 0.6) is 0 Å². The van der Waals surface area contributed by atoms with Gasteiger partial charge in [-0.3, -0.25) is 0 Å². The fourth-order valence-electron chi connectivity index (χ4n) is 1.08. The summed E-state index contributed by atoms with van der Waals surface area (Å²) >= 11 is 0. The van der Waals surface area contributed by atoms with Gasteiger partial charge in [0.25, 0.3) is 0 Å². The summed E-state index contributed by atoms with van der Waals surface area (Å²) in [5.74, 6) is -3.92. The van der Waals surface area contributed by atoms with Gasteiger partial charge in [-0.05, 0) is 12.1 Å². The third-order valence-electron chi connectivity index (χ3n) is 1.69. The van der Waals surface area contributed by atoms with Crippen molar-refractivity contribution in [1.82, 2.24) is 4.98 Å². The van der Waals surface area contributed by atoms with Crippen LogP contribution in [0.25, 0.3) is 10.9 Å². The highest BCUT2D eigenvalue weighted by molar-refractivity contribution is 5.78. The zero-order valence-corrected chi connectivity index (χ0v) is 6.31. The molecular formula is C9H3F3N. The van der Waals surface area contributed by atoms with Crippen molar-refractivity contribution >= 4 is 10.9 Å². The van der Waals surface area contributed by atoms with E-state index in [1.165, 1.54) is 12.1 Å². The fraction of sp³-hybridized carbons (Fsp3) is 0. The van der Waals surface area contributed by atoms with E-state index in [1.54, 1.807) is 0 Å². The normalized spacial score (nSPS) is 10.7. The molecule has 0 amide bonds. The quantitative estimate of drug-likeness (QED) is 0.570. The maximum absolute atomic E-state index is 13.0. The number of fused-ring (bicyclic) bond motifs is 1. The second-order valence-corrected chi connectivity index (χ2v) is 2.49. The summed E-state index contributed by atoms with van der Waals surface area (Å²) in [5.41, 5.74) is 0.0545. The molecule has 0 spiro atoms. The fourth-order valence-corrected chi connectivity index (χ4v) is 1.08. The molecule has 0 aliphatic rings. The summed E-state index contributed by atoms with van der Waals surface area (Å²) in [6.07, 6.45) is 2.40. The van der Waals surface area contributed by atoms with Crippen molar-refractivity contribution in [2.24, 2.45) is 0 Å². The van der Waals surface area contributed by atoms with Gasteiger partial charge in [0.15, 0.2) is 17.5 Å². The Balaban J connectivity index is 2.94. The molecule has 0 N–H and O–H groups in total. The number of benzene rings is 1. The van der Waals surface area contributed by atoms with Crippen molar-refractivity contribution < 1.29 is 13.2 Å². The van der Waals surface area contributed by atoms with Crippen LogP contribution < -0.4 is 0 Å². The van der Waals surface area contributed by atoms with Crippen LogP contribution in [0.4, 0.5) is 13.2 Å². The minimum absolute atomic E-state index is 0.0438. The van der Waals surface area contributed by atoms with Gasteiger partial charge in [-0.1, -0.05) is 0 Å². The molecule has 0 aliphatic carbocycles. The molecule has 1 heterocycles. The Kier molecular flexibility index (Phi) is 1.69. The lowest BCUT2D eigenvalue weighted by Crippen LogP contribution is -1.93. The molecular weight excluding hydrogens is 179 g/mol. The number of rotatable bonds is 0. The molecule has 1 aromatic carbocycles. The van der Waals surface area contributed by atoms with E-state index >= 15 is 0 Å². The van der Waals surface area contributed by atoms with Crippen molar-refractivity contribution in [3.63, 3.8) is 0 Å². The number of halogens is 3. The Labute approximate surface area is 71.8 Å². The smallest absolute Gasteiger partial charge is 0.195 e. The topological polar surface area (TPSA) is 12.9 Å². The van der Waals surface area contributed by atoms with Crippen molar-refractivity contribution in [2.45, 2.75) is 0 Å². The van der Waals surface area contributed by atoms with Gasteiger partial charge in [0, 0.05) is 11.5 Å². The number of nitrogens with zero attached hydrogens (tertiary/aromatic N) is 1. The van der Waals surface area contributed by atoms with Crippen molar-refractivity contribution in [3.05, 3.63) is 41.8 Å². The lowest BCUT2D eigenvalue weighted by molar-refractivity contribution is 0.453. The monoisotopic (exact) mass is 182 g/mol. The first-order valence-electron chi connectivity index (χ1n) is 3.50. The number of hydrogen-bond acceptors (Lipinski definition) is 1. The SMILES string of the molecule is Fc1cc2n[c]ccc2c(F)c1F. The van der Waals surface area contributed by atoms with Gasteiger partial charge in [0.1, 0.15) is 0 Å². The van der Waals surface area contributed by atoms with Gasteiger partial charge < -0.3 is 0 Å². The Morgan fingerprint density at radius 3 is 2.69 bits per heavy atom. The highest BCUT2D eigenvalue weighted by Crippen LogP contribution is 2.20. The molecule has 2 rings (SSSR count). The van der Waals surface area contributed by atoms with Crippen LogP contribution in [-0.2, 0) is 0 Å². The van der Waals surface area contributed by atoms with Crippen LogP contribution in [-0.4, -0.2) is 4.98 Å². The highest BCUT2D eigenvalue weighted by atomic mass is 19.2. The summed E-state index contributed by atoms with van der Waals surface area (Å²) in [6.45, 7) is 0. The molecule has 0 unspecified atom stereocenters. The van der Waals surface area contributed by atoms with E-state index in [2.05, 4.69) is 11.2 Å². The van der Waals surface area contributed by atoms with E-state index in [0.717, 1.165) is 6.07 Å². The van der Waals surface area contributed by atoms with Crippen molar-refractivity contribution in [2.75, 3.05) is 0 Å². The van der Waals surface area contributed by atoms with Gasteiger partial charge in [-0.2, -0.15) is 0 Å². The Hall–Kier alpha value is -1.58. The summed E-state index contributed by atoms with van der Waals surface area (Å²) in [6, 6.07) is 3.47. The molecule has 1 radical (unpaired) electrons. The Morgan fingerprint density at radius 2 is 1.92 bits per heavy atom. The zero-order valence-electron chi connectivity index (χ0n) is 6.31. The lowest BCUT2D eigenvalue weighted by Gasteiger charge is -1.99. The predicted molar refractivity (Wildman–Crippen MR) is 40.5 cm³/mol. The predicted octanol–water partition coefficient (Wildman–Crippen LogP) is 2.45. The second kappa shape index (κ2) is 2.73. The van der Waals surface area contributed by atoms with Crippen LogP contribution in [0.2, 0.25) is 0 Å². The first-order valence-corrected chi connectivity index (χ1v) is 3.50. The van der Waals surface area contributed by atoms with Gasteiger partial charge in [0.2, 0.25) is 0 Å². The molecule has 0 bridgehead atoms. The van der Waals surface area contributed by atoms with Crippen LogP contribution in [0.3, 0.4) is 0 Å². The molecule has 0 aliphatic heterocycles. The maximum atomic E-state index is 13.0. The first kappa shape index (κ1) is 8.04. The van der Waals surface area contributed by atoms with E-state index in [1.807, 2.05) is 0 Å². The molecule has 1 nitrogen and oxygen atoms in total. The minimum atomic E-state index is -1.47. The zero-order chi connectivity index (χ0) is 9.42. The van der Waals surface area contributed by atoms with Gasteiger partial charge in [-0.25, -0.2) is 18.2 Å². The van der Waals surface area contributed by atoms with E-state index in [-0.39, 0.29) is 10.9 Å². The lowest BCUT2D eigenvalue weighted by atomic mass is 10.2. The largest absolute Gasteiger partial charge is 0.246 e. The van der Waals surface area contributed by atoms with E-state index in [9.17, 15) is 13.2 Å². The number of pyridine rings is 1. The van der Waals surface area contributed by atoms with E-state index in [0.29, 0.717) is 0 Å². The Morgan fingerprint density at radius 1 is 1.15 bits per heavy atom. The summed E-state index contributed by atoms with van der Waals surface area (Å²) in [7, 11) is 0. The van der Waals surface area contributed by atoms with Gasteiger partial charge >= 0.3 is 0 Å².